The molecule has 0 saturated carbocycles. The number of likely N-dealkylation sites (tertiary alicyclic amines) is 1. The SMILES string of the molecule is O=C(O)C1CCCCN1C(=O)NCCc1cscn1. The molecule has 19 heavy (non-hydrogen) atoms. The molecule has 0 aromatic carbocycles. The molecule has 1 unspecified atom stereocenters. The Balaban J connectivity index is 1.82. The quantitative estimate of drug-likeness (QED) is 0.873. The lowest BCUT2D eigenvalue weighted by molar-refractivity contribution is -0.143. The highest BCUT2D eigenvalue weighted by Crippen LogP contribution is 2.17. The largest absolute Gasteiger partial charge is 0.480 e. The van der Waals surface area contributed by atoms with Gasteiger partial charge in [0, 0.05) is 24.9 Å². The molecule has 0 radical (unpaired) electrons. The van der Waals surface area contributed by atoms with Crippen LogP contribution in [0.4, 0.5) is 4.79 Å². The Hall–Kier alpha value is -1.63. The van der Waals surface area contributed by atoms with E-state index in [9.17, 15) is 9.59 Å². The molecular formula is C12H17N3O3S. The van der Waals surface area contributed by atoms with Crippen LogP contribution in [0, 0.1) is 0 Å². The maximum atomic E-state index is 12.0. The summed E-state index contributed by atoms with van der Waals surface area (Å²) in [6.45, 7) is 0.991. The van der Waals surface area contributed by atoms with E-state index >= 15 is 0 Å². The second-order valence-corrected chi connectivity index (χ2v) is 5.22. The lowest BCUT2D eigenvalue weighted by Gasteiger charge is -2.32. The van der Waals surface area contributed by atoms with Crippen LogP contribution in [0.3, 0.4) is 0 Å². The first-order valence-corrected chi connectivity index (χ1v) is 7.27. The molecule has 1 fully saturated rings. The molecule has 1 aliphatic rings. The van der Waals surface area contributed by atoms with Crippen molar-refractivity contribution < 1.29 is 14.7 Å². The third-order valence-corrected chi connectivity index (χ3v) is 3.82. The van der Waals surface area contributed by atoms with Gasteiger partial charge < -0.3 is 15.3 Å². The summed E-state index contributed by atoms with van der Waals surface area (Å²) in [5.74, 6) is -0.922. The molecule has 0 aliphatic carbocycles. The van der Waals surface area contributed by atoms with E-state index in [0.717, 1.165) is 18.5 Å². The highest BCUT2D eigenvalue weighted by molar-refractivity contribution is 7.07. The first-order chi connectivity index (χ1) is 9.18. The minimum Gasteiger partial charge on any atom is -0.480 e. The molecule has 2 heterocycles. The van der Waals surface area contributed by atoms with Gasteiger partial charge in [0.15, 0.2) is 0 Å². The number of aromatic nitrogens is 1. The van der Waals surface area contributed by atoms with Gasteiger partial charge in [-0.3, -0.25) is 0 Å². The van der Waals surface area contributed by atoms with Crippen molar-refractivity contribution in [2.24, 2.45) is 0 Å². The van der Waals surface area contributed by atoms with E-state index in [1.807, 2.05) is 5.38 Å². The number of carbonyl (C=O) groups excluding carboxylic acids is 1. The molecule has 2 N–H and O–H groups in total. The maximum Gasteiger partial charge on any atom is 0.326 e. The van der Waals surface area contributed by atoms with E-state index < -0.39 is 12.0 Å². The molecule has 1 aliphatic heterocycles. The number of hydrogen-bond donors (Lipinski definition) is 2. The van der Waals surface area contributed by atoms with Crippen LogP contribution in [0.5, 0.6) is 0 Å². The van der Waals surface area contributed by atoms with Crippen molar-refractivity contribution in [2.75, 3.05) is 13.1 Å². The number of hydrogen-bond acceptors (Lipinski definition) is 4. The van der Waals surface area contributed by atoms with Crippen molar-refractivity contribution in [3.8, 4) is 0 Å². The number of carbonyl (C=O) groups is 2. The van der Waals surface area contributed by atoms with E-state index in [1.165, 1.54) is 16.2 Å². The van der Waals surface area contributed by atoms with Crippen LogP contribution in [0.2, 0.25) is 0 Å². The maximum absolute atomic E-state index is 12.0. The standard InChI is InChI=1S/C12H17N3O3S/c16-11(17)10-3-1-2-6-15(10)12(18)13-5-4-9-7-19-8-14-9/h7-8,10H,1-6H2,(H,13,18)(H,16,17). The minimum absolute atomic E-state index is 0.290. The summed E-state index contributed by atoms with van der Waals surface area (Å²) < 4.78 is 0. The normalized spacial score (nSPS) is 19.2. The molecule has 104 valence electrons. The Labute approximate surface area is 115 Å². The lowest BCUT2D eigenvalue weighted by atomic mass is 10.0. The van der Waals surface area contributed by atoms with E-state index in [2.05, 4.69) is 10.3 Å². The summed E-state index contributed by atoms with van der Waals surface area (Å²) in [6, 6.07) is -0.977. The van der Waals surface area contributed by atoms with Crippen molar-refractivity contribution in [2.45, 2.75) is 31.7 Å². The average molecular weight is 283 g/mol. The summed E-state index contributed by atoms with van der Waals surface area (Å²) in [5, 5.41) is 13.8. The minimum atomic E-state index is -0.922. The topological polar surface area (TPSA) is 82.5 Å². The summed E-state index contributed by atoms with van der Waals surface area (Å²) in [6.07, 6.45) is 2.93. The van der Waals surface area contributed by atoms with Crippen molar-refractivity contribution in [1.82, 2.24) is 15.2 Å². The Bertz CT molecular complexity index is 435. The molecule has 1 saturated heterocycles. The zero-order chi connectivity index (χ0) is 13.7. The second kappa shape index (κ2) is 6.51. The number of nitrogens with one attached hydrogen (secondary N) is 1. The number of rotatable bonds is 4. The van der Waals surface area contributed by atoms with E-state index in [-0.39, 0.29) is 6.03 Å². The number of amides is 2. The highest BCUT2D eigenvalue weighted by atomic mass is 32.1. The average Bonchev–Trinajstić information content (AvgIpc) is 2.91. The second-order valence-electron chi connectivity index (χ2n) is 4.50. The van der Waals surface area contributed by atoms with Gasteiger partial charge in [0.2, 0.25) is 0 Å². The van der Waals surface area contributed by atoms with Crippen LogP contribution in [-0.2, 0) is 11.2 Å². The first kappa shape index (κ1) is 13.8. The Morgan fingerprint density at radius 1 is 1.53 bits per heavy atom. The van der Waals surface area contributed by atoms with Crippen LogP contribution < -0.4 is 5.32 Å². The smallest absolute Gasteiger partial charge is 0.326 e. The van der Waals surface area contributed by atoms with Crippen LogP contribution in [0.1, 0.15) is 25.0 Å². The number of carboxylic acid groups (broad SMARTS) is 1. The summed E-state index contributed by atoms with van der Waals surface area (Å²) in [7, 11) is 0. The number of carboxylic acids is 1. The number of piperidine rings is 1. The predicted molar refractivity (Wildman–Crippen MR) is 71.2 cm³/mol. The van der Waals surface area contributed by atoms with Crippen LogP contribution >= 0.6 is 11.3 Å². The van der Waals surface area contributed by atoms with Crippen molar-refractivity contribution >= 4 is 23.3 Å². The molecule has 2 rings (SSSR count). The fourth-order valence-electron chi connectivity index (χ4n) is 2.19. The fourth-order valence-corrected chi connectivity index (χ4v) is 2.78. The van der Waals surface area contributed by atoms with Crippen LogP contribution in [-0.4, -0.2) is 46.1 Å². The molecule has 2 amide bonds. The number of thiazole rings is 1. The Morgan fingerprint density at radius 3 is 3.05 bits per heavy atom. The summed E-state index contributed by atoms with van der Waals surface area (Å²) in [4.78, 5) is 28.6. The highest BCUT2D eigenvalue weighted by Gasteiger charge is 2.31. The number of nitrogens with zero attached hydrogens (tertiary/aromatic N) is 2. The molecule has 6 nitrogen and oxygen atoms in total. The predicted octanol–water partition coefficient (Wildman–Crippen LogP) is 1.33. The third-order valence-electron chi connectivity index (χ3n) is 3.19. The van der Waals surface area contributed by atoms with Gasteiger partial charge in [0.1, 0.15) is 6.04 Å². The first-order valence-electron chi connectivity index (χ1n) is 6.33. The monoisotopic (exact) mass is 283 g/mol. The molecule has 1 aromatic rings. The van der Waals surface area contributed by atoms with Gasteiger partial charge in [-0.05, 0) is 19.3 Å². The van der Waals surface area contributed by atoms with E-state index in [4.69, 9.17) is 5.11 Å². The summed E-state index contributed by atoms with van der Waals surface area (Å²) >= 11 is 1.52. The Morgan fingerprint density at radius 2 is 2.37 bits per heavy atom. The number of aliphatic carboxylic acids is 1. The zero-order valence-electron chi connectivity index (χ0n) is 10.5. The number of urea groups is 1. The molecule has 1 atom stereocenters. The molecule has 1 aromatic heterocycles. The van der Waals surface area contributed by atoms with Crippen molar-refractivity contribution in [1.29, 1.82) is 0 Å². The van der Waals surface area contributed by atoms with E-state index in [0.29, 0.717) is 25.9 Å². The van der Waals surface area contributed by atoms with Gasteiger partial charge in [-0.25, -0.2) is 14.6 Å². The van der Waals surface area contributed by atoms with Gasteiger partial charge in [0.05, 0.1) is 11.2 Å². The van der Waals surface area contributed by atoms with Gasteiger partial charge >= 0.3 is 12.0 Å². The van der Waals surface area contributed by atoms with Crippen LogP contribution in [0.25, 0.3) is 0 Å². The van der Waals surface area contributed by atoms with Gasteiger partial charge in [0.25, 0.3) is 0 Å². The van der Waals surface area contributed by atoms with Gasteiger partial charge in [-0.1, -0.05) is 0 Å². The zero-order valence-corrected chi connectivity index (χ0v) is 11.4. The Kier molecular flexibility index (Phi) is 4.73. The molecule has 0 spiro atoms. The van der Waals surface area contributed by atoms with Crippen molar-refractivity contribution in [3.63, 3.8) is 0 Å². The molecule has 0 bridgehead atoms. The summed E-state index contributed by atoms with van der Waals surface area (Å²) in [5.41, 5.74) is 2.70. The van der Waals surface area contributed by atoms with Crippen LogP contribution in [0.15, 0.2) is 10.9 Å². The van der Waals surface area contributed by atoms with Gasteiger partial charge in [-0.2, -0.15) is 0 Å². The van der Waals surface area contributed by atoms with Gasteiger partial charge in [-0.15, -0.1) is 11.3 Å². The van der Waals surface area contributed by atoms with E-state index in [1.54, 1.807) is 5.51 Å². The lowest BCUT2D eigenvalue weighted by Crippen LogP contribution is -2.52. The molecular weight excluding hydrogens is 266 g/mol. The third kappa shape index (κ3) is 3.66. The van der Waals surface area contributed by atoms with Crippen molar-refractivity contribution in [3.05, 3.63) is 16.6 Å². The molecule has 7 heteroatoms. The fraction of sp³-hybridized carbons (Fsp3) is 0.583.